The molecule has 0 unspecified atom stereocenters. The van der Waals surface area contributed by atoms with Crippen molar-refractivity contribution in [2.45, 2.75) is 13.5 Å². The van der Waals surface area contributed by atoms with Crippen molar-refractivity contribution in [3.8, 4) is 0 Å². The number of carbonyl (C=O) groups is 2. The first kappa shape index (κ1) is 20.0. The van der Waals surface area contributed by atoms with Crippen molar-refractivity contribution in [3.63, 3.8) is 0 Å². The first-order chi connectivity index (χ1) is 15.0. The van der Waals surface area contributed by atoms with Crippen LogP contribution in [0.25, 0.3) is 5.65 Å². The summed E-state index contributed by atoms with van der Waals surface area (Å²) in [6.07, 6.45) is 1.64. The number of hydrogen-bond donors (Lipinski definition) is 1. The Bertz CT molecular complexity index is 1330. The van der Waals surface area contributed by atoms with E-state index in [0.29, 0.717) is 22.6 Å². The molecule has 0 radical (unpaired) electrons. The van der Waals surface area contributed by atoms with Gasteiger partial charge in [0.1, 0.15) is 12.3 Å². The molecule has 154 valence electrons. The normalized spacial score (nSPS) is 10.6. The maximum absolute atomic E-state index is 12.7. The molecule has 0 aliphatic heterocycles. The Labute approximate surface area is 178 Å². The summed E-state index contributed by atoms with van der Waals surface area (Å²) in [6.45, 7) is 1.68. The molecular weight excluding hydrogens is 394 g/mol. The first-order valence-corrected chi connectivity index (χ1v) is 9.63. The summed E-state index contributed by atoms with van der Waals surface area (Å²) in [5, 5.41) is 2.74. The lowest BCUT2D eigenvalue weighted by Crippen LogP contribution is -2.18. The summed E-state index contributed by atoms with van der Waals surface area (Å²) >= 11 is 0. The summed E-state index contributed by atoms with van der Waals surface area (Å²) in [7, 11) is 0. The SMILES string of the molecule is Cc1cccn2c(=O)cc(COC(=O)c3ccccc3NC(=O)c3ccccc3)nc12. The molecule has 0 saturated carbocycles. The third kappa shape index (κ3) is 4.35. The highest BCUT2D eigenvalue weighted by Crippen LogP contribution is 2.18. The number of para-hydroxylation sites is 1. The van der Waals surface area contributed by atoms with Gasteiger partial charge < -0.3 is 10.1 Å². The van der Waals surface area contributed by atoms with E-state index in [2.05, 4.69) is 10.3 Å². The Balaban J connectivity index is 1.52. The number of anilines is 1. The number of aryl methyl sites for hydroxylation is 1. The van der Waals surface area contributed by atoms with E-state index in [4.69, 9.17) is 4.74 Å². The zero-order valence-electron chi connectivity index (χ0n) is 16.7. The quantitative estimate of drug-likeness (QED) is 0.505. The molecule has 2 aromatic heterocycles. The Morgan fingerprint density at radius 2 is 1.74 bits per heavy atom. The minimum Gasteiger partial charge on any atom is -0.456 e. The Hall–Kier alpha value is -4.26. The number of pyridine rings is 1. The van der Waals surface area contributed by atoms with Crippen LogP contribution in [-0.4, -0.2) is 21.3 Å². The molecule has 2 aromatic carbocycles. The minimum atomic E-state index is -0.629. The second-order valence-electron chi connectivity index (χ2n) is 6.91. The van der Waals surface area contributed by atoms with Crippen LogP contribution in [0.1, 0.15) is 32.0 Å². The molecule has 0 aliphatic rings. The maximum Gasteiger partial charge on any atom is 0.340 e. The van der Waals surface area contributed by atoms with Gasteiger partial charge in [-0.25, -0.2) is 9.78 Å². The number of ether oxygens (including phenoxy) is 1. The van der Waals surface area contributed by atoms with Crippen LogP contribution >= 0.6 is 0 Å². The number of nitrogens with zero attached hydrogens (tertiary/aromatic N) is 2. The van der Waals surface area contributed by atoms with E-state index in [1.54, 1.807) is 60.8 Å². The lowest BCUT2D eigenvalue weighted by atomic mass is 10.1. The van der Waals surface area contributed by atoms with E-state index < -0.39 is 5.97 Å². The van der Waals surface area contributed by atoms with Crippen molar-refractivity contribution in [2.24, 2.45) is 0 Å². The topological polar surface area (TPSA) is 89.8 Å². The predicted molar refractivity (Wildman–Crippen MR) is 116 cm³/mol. The van der Waals surface area contributed by atoms with Crippen molar-refractivity contribution in [2.75, 3.05) is 5.32 Å². The van der Waals surface area contributed by atoms with Crippen molar-refractivity contribution in [3.05, 3.63) is 112 Å². The number of carbonyl (C=O) groups excluding carboxylic acids is 2. The van der Waals surface area contributed by atoms with Crippen molar-refractivity contribution in [1.82, 2.24) is 9.38 Å². The highest BCUT2D eigenvalue weighted by atomic mass is 16.5. The standard InChI is InChI=1S/C24H19N3O4/c1-16-8-7-13-27-21(28)14-18(25-22(16)27)15-31-24(30)19-11-5-6-12-20(19)26-23(29)17-9-3-2-4-10-17/h2-14H,15H2,1H3,(H,26,29). The zero-order valence-corrected chi connectivity index (χ0v) is 16.7. The molecule has 0 atom stereocenters. The summed E-state index contributed by atoms with van der Waals surface area (Å²) < 4.78 is 6.82. The Morgan fingerprint density at radius 1 is 1.00 bits per heavy atom. The largest absolute Gasteiger partial charge is 0.456 e. The van der Waals surface area contributed by atoms with Gasteiger partial charge in [0.15, 0.2) is 0 Å². The number of amides is 1. The number of benzene rings is 2. The summed E-state index contributed by atoms with van der Waals surface area (Å²) in [5.41, 5.74) is 2.46. The molecule has 0 saturated heterocycles. The van der Waals surface area contributed by atoms with Gasteiger partial charge in [-0.15, -0.1) is 0 Å². The van der Waals surface area contributed by atoms with Crippen LogP contribution in [0.2, 0.25) is 0 Å². The number of aromatic nitrogens is 2. The molecule has 7 heteroatoms. The third-order valence-corrected chi connectivity index (χ3v) is 4.72. The van der Waals surface area contributed by atoms with Crippen LogP contribution in [0, 0.1) is 6.92 Å². The van der Waals surface area contributed by atoms with Crippen LogP contribution in [0.5, 0.6) is 0 Å². The van der Waals surface area contributed by atoms with Gasteiger partial charge in [0, 0.05) is 17.8 Å². The molecular formula is C24H19N3O4. The summed E-state index contributed by atoms with van der Waals surface area (Å²) in [4.78, 5) is 41.9. The van der Waals surface area contributed by atoms with Gasteiger partial charge in [0.25, 0.3) is 11.5 Å². The maximum atomic E-state index is 12.7. The monoisotopic (exact) mass is 413 g/mol. The average Bonchev–Trinajstić information content (AvgIpc) is 2.79. The Kier molecular flexibility index (Phi) is 5.57. The third-order valence-electron chi connectivity index (χ3n) is 4.72. The molecule has 0 aliphatic carbocycles. The minimum absolute atomic E-state index is 0.167. The zero-order chi connectivity index (χ0) is 21.8. The van der Waals surface area contributed by atoms with Crippen LogP contribution in [0.4, 0.5) is 5.69 Å². The van der Waals surface area contributed by atoms with E-state index in [9.17, 15) is 14.4 Å². The summed E-state index contributed by atoms with van der Waals surface area (Å²) in [5.74, 6) is -0.962. The van der Waals surface area contributed by atoms with Gasteiger partial charge in [-0.2, -0.15) is 0 Å². The van der Waals surface area contributed by atoms with Crippen LogP contribution < -0.4 is 10.9 Å². The first-order valence-electron chi connectivity index (χ1n) is 9.63. The van der Waals surface area contributed by atoms with Gasteiger partial charge >= 0.3 is 5.97 Å². The predicted octanol–water partition coefficient (Wildman–Crippen LogP) is 3.61. The van der Waals surface area contributed by atoms with Crippen molar-refractivity contribution < 1.29 is 14.3 Å². The fourth-order valence-electron chi connectivity index (χ4n) is 3.15. The number of fused-ring (bicyclic) bond motifs is 1. The number of hydrogen-bond acceptors (Lipinski definition) is 5. The smallest absolute Gasteiger partial charge is 0.340 e. The van der Waals surface area contributed by atoms with Gasteiger partial charge in [-0.05, 0) is 42.8 Å². The molecule has 4 rings (SSSR count). The highest BCUT2D eigenvalue weighted by Gasteiger charge is 2.16. The molecule has 1 N–H and O–H groups in total. The highest BCUT2D eigenvalue weighted by molar-refractivity contribution is 6.07. The fourth-order valence-corrected chi connectivity index (χ4v) is 3.15. The summed E-state index contributed by atoms with van der Waals surface area (Å²) in [6, 6.07) is 20.2. The lowest BCUT2D eigenvalue weighted by Gasteiger charge is -2.11. The number of esters is 1. The number of rotatable bonds is 5. The molecule has 0 spiro atoms. The van der Waals surface area contributed by atoms with E-state index in [-0.39, 0.29) is 23.6 Å². The fraction of sp³-hybridized carbons (Fsp3) is 0.0833. The van der Waals surface area contributed by atoms with Gasteiger partial charge in [0.05, 0.1) is 16.9 Å². The van der Waals surface area contributed by atoms with Crippen LogP contribution in [0.3, 0.4) is 0 Å². The Morgan fingerprint density at radius 3 is 2.55 bits per heavy atom. The molecule has 0 fully saturated rings. The lowest BCUT2D eigenvalue weighted by molar-refractivity contribution is 0.0469. The van der Waals surface area contributed by atoms with E-state index in [1.165, 1.54) is 10.5 Å². The molecule has 4 aromatic rings. The van der Waals surface area contributed by atoms with E-state index in [0.717, 1.165) is 5.56 Å². The molecule has 31 heavy (non-hydrogen) atoms. The van der Waals surface area contributed by atoms with E-state index in [1.807, 2.05) is 19.1 Å². The molecule has 1 amide bonds. The van der Waals surface area contributed by atoms with Crippen molar-refractivity contribution in [1.29, 1.82) is 0 Å². The van der Waals surface area contributed by atoms with Crippen LogP contribution in [-0.2, 0) is 11.3 Å². The van der Waals surface area contributed by atoms with Gasteiger partial charge in [-0.1, -0.05) is 36.4 Å². The van der Waals surface area contributed by atoms with Gasteiger partial charge in [0.2, 0.25) is 0 Å². The molecule has 2 heterocycles. The van der Waals surface area contributed by atoms with E-state index >= 15 is 0 Å². The number of nitrogens with one attached hydrogen (secondary N) is 1. The van der Waals surface area contributed by atoms with Gasteiger partial charge in [-0.3, -0.25) is 14.0 Å². The second kappa shape index (κ2) is 8.62. The molecule has 7 nitrogen and oxygen atoms in total. The van der Waals surface area contributed by atoms with Crippen LogP contribution in [0.15, 0.2) is 83.8 Å². The molecule has 0 bridgehead atoms. The van der Waals surface area contributed by atoms with Crippen molar-refractivity contribution >= 4 is 23.2 Å². The average molecular weight is 413 g/mol. The second-order valence-corrected chi connectivity index (χ2v) is 6.91.